The SMILES string of the molecule is Cc1cc(CSc2ccccc2C(=O)NCCCn2ccc3ccccc32)on1. The molecule has 0 aliphatic heterocycles. The van der Waals surface area contributed by atoms with Crippen LogP contribution in [-0.2, 0) is 12.3 Å². The fraction of sp³-hybridized carbons (Fsp3) is 0.217. The van der Waals surface area contributed by atoms with E-state index in [-0.39, 0.29) is 5.91 Å². The number of thioether (sulfide) groups is 1. The zero-order valence-electron chi connectivity index (χ0n) is 16.3. The summed E-state index contributed by atoms with van der Waals surface area (Å²) in [6.45, 7) is 3.40. The number of aryl methyl sites for hydroxylation is 2. The highest BCUT2D eigenvalue weighted by Crippen LogP contribution is 2.26. The number of para-hydroxylation sites is 1. The minimum absolute atomic E-state index is 0.0424. The predicted octanol–water partition coefficient (Wildman–Crippen LogP) is 5.05. The van der Waals surface area contributed by atoms with Gasteiger partial charge in [-0.25, -0.2) is 0 Å². The molecule has 2 aromatic heterocycles. The van der Waals surface area contributed by atoms with E-state index in [4.69, 9.17) is 4.52 Å². The highest BCUT2D eigenvalue weighted by atomic mass is 32.2. The zero-order valence-corrected chi connectivity index (χ0v) is 17.1. The van der Waals surface area contributed by atoms with Crippen LogP contribution in [0.4, 0.5) is 0 Å². The van der Waals surface area contributed by atoms with E-state index in [1.165, 1.54) is 10.9 Å². The van der Waals surface area contributed by atoms with Crippen molar-refractivity contribution in [3.63, 3.8) is 0 Å². The van der Waals surface area contributed by atoms with Gasteiger partial charge in [0.05, 0.1) is 17.0 Å². The fourth-order valence-corrected chi connectivity index (χ4v) is 4.22. The van der Waals surface area contributed by atoms with Crippen molar-refractivity contribution in [2.24, 2.45) is 0 Å². The van der Waals surface area contributed by atoms with Crippen LogP contribution in [0.5, 0.6) is 0 Å². The van der Waals surface area contributed by atoms with Crippen molar-refractivity contribution in [1.29, 1.82) is 0 Å². The lowest BCUT2D eigenvalue weighted by Gasteiger charge is -2.10. The van der Waals surface area contributed by atoms with Gasteiger partial charge in [-0.05, 0) is 43.0 Å². The van der Waals surface area contributed by atoms with E-state index in [2.05, 4.69) is 45.5 Å². The number of nitrogens with zero attached hydrogens (tertiary/aromatic N) is 2. The van der Waals surface area contributed by atoms with Gasteiger partial charge in [0.25, 0.3) is 5.91 Å². The Balaban J connectivity index is 1.31. The fourth-order valence-electron chi connectivity index (χ4n) is 3.30. The molecule has 1 N–H and O–H groups in total. The summed E-state index contributed by atoms with van der Waals surface area (Å²) in [4.78, 5) is 13.6. The van der Waals surface area contributed by atoms with Gasteiger partial charge in [0.2, 0.25) is 0 Å². The Bertz CT molecular complexity index is 1120. The number of carbonyl (C=O) groups is 1. The summed E-state index contributed by atoms with van der Waals surface area (Å²) >= 11 is 1.58. The van der Waals surface area contributed by atoms with Crippen molar-refractivity contribution >= 4 is 28.6 Å². The Labute approximate surface area is 174 Å². The van der Waals surface area contributed by atoms with Crippen LogP contribution in [0.1, 0.15) is 28.2 Å². The predicted molar refractivity (Wildman–Crippen MR) is 116 cm³/mol. The van der Waals surface area contributed by atoms with Crippen LogP contribution in [0, 0.1) is 6.92 Å². The molecule has 0 atom stereocenters. The normalized spacial score (nSPS) is 11.1. The molecule has 148 valence electrons. The standard InChI is InChI=1S/C23H23N3O2S/c1-17-15-19(28-25-17)16-29-22-10-5-3-8-20(22)23(27)24-12-6-13-26-14-11-18-7-2-4-9-21(18)26/h2-5,7-11,14-15H,6,12-13,16H2,1H3,(H,24,27). The molecule has 0 saturated carbocycles. The Hall–Kier alpha value is -2.99. The lowest BCUT2D eigenvalue weighted by molar-refractivity contribution is 0.0950. The number of fused-ring (bicyclic) bond motifs is 1. The maximum Gasteiger partial charge on any atom is 0.252 e. The van der Waals surface area contributed by atoms with Gasteiger partial charge in [0, 0.05) is 35.8 Å². The summed E-state index contributed by atoms with van der Waals surface area (Å²) in [5.41, 5.74) is 2.78. The summed E-state index contributed by atoms with van der Waals surface area (Å²) in [6, 6.07) is 20.0. The van der Waals surface area contributed by atoms with Gasteiger partial charge in [0.15, 0.2) is 0 Å². The smallest absolute Gasteiger partial charge is 0.252 e. The van der Waals surface area contributed by atoms with Crippen molar-refractivity contribution in [3.8, 4) is 0 Å². The molecule has 0 bridgehead atoms. The minimum Gasteiger partial charge on any atom is -0.360 e. The van der Waals surface area contributed by atoms with Gasteiger partial charge in [-0.2, -0.15) is 0 Å². The van der Waals surface area contributed by atoms with Crippen LogP contribution in [0.2, 0.25) is 0 Å². The molecule has 5 nitrogen and oxygen atoms in total. The van der Waals surface area contributed by atoms with E-state index in [1.807, 2.05) is 43.3 Å². The van der Waals surface area contributed by atoms with Gasteiger partial charge in [-0.3, -0.25) is 4.79 Å². The van der Waals surface area contributed by atoms with Crippen LogP contribution < -0.4 is 5.32 Å². The molecule has 4 aromatic rings. The maximum atomic E-state index is 12.7. The second-order valence-electron chi connectivity index (χ2n) is 6.90. The van der Waals surface area contributed by atoms with Crippen LogP contribution >= 0.6 is 11.8 Å². The number of hydrogen-bond acceptors (Lipinski definition) is 4. The minimum atomic E-state index is -0.0424. The largest absolute Gasteiger partial charge is 0.360 e. The van der Waals surface area contributed by atoms with Gasteiger partial charge in [-0.1, -0.05) is 35.5 Å². The summed E-state index contributed by atoms with van der Waals surface area (Å²) in [6.07, 6.45) is 2.97. The molecule has 0 unspecified atom stereocenters. The number of benzene rings is 2. The van der Waals surface area contributed by atoms with E-state index < -0.39 is 0 Å². The lowest BCUT2D eigenvalue weighted by Crippen LogP contribution is -2.25. The molecular formula is C23H23N3O2S. The molecular weight excluding hydrogens is 382 g/mol. The number of amides is 1. The highest BCUT2D eigenvalue weighted by Gasteiger charge is 2.12. The van der Waals surface area contributed by atoms with Crippen molar-refractivity contribution in [2.45, 2.75) is 30.5 Å². The van der Waals surface area contributed by atoms with E-state index in [9.17, 15) is 4.79 Å². The van der Waals surface area contributed by atoms with Crippen molar-refractivity contribution < 1.29 is 9.32 Å². The second-order valence-corrected chi connectivity index (χ2v) is 7.91. The molecule has 0 fully saturated rings. The summed E-state index contributed by atoms with van der Waals surface area (Å²) in [5.74, 6) is 1.41. The Morgan fingerprint density at radius 2 is 1.97 bits per heavy atom. The van der Waals surface area contributed by atoms with Crippen molar-refractivity contribution in [1.82, 2.24) is 15.0 Å². The summed E-state index contributed by atoms with van der Waals surface area (Å²) in [7, 11) is 0. The maximum absolute atomic E-state index is 12.7. The average Bonchev–Trinajstić information content (AvgIpc) is 3.36. The molecule has 0 radical (unpaired) electrons. The number of rotatable bonds is 8. The van der Waals surface area contributed by atoms with Crippen molar-refractivity contribution in [3.05, 3.63) is 83.9 Å². The molecule has 4 rings (SSSR count). The first kappa shape index (κ1) is 19.3. The molecule has 0 aliphatic carbocycles. The first-order valence-corrected chi connectivity index (χ1v) is 10.7. The zero-order chi connectivity index (χ0) is 20.1. The Kier molecular flexibility index (Phi) is 6.00. The monoisotopic (exact) mass is 405 g/mol. The number of carbonyl (C=O) groups excluding carboxylic acids is 1. The van der Waals surface area contributed by atoms with Crippen LogP contribution in [0.3, 0.4) is 0 Å². The molecule has 2 aromatic carbocycles. The van der Waals surface area contributed by atoms with Crippen LogP contribution in [0.25, 0.3) is 10.9 Å². The molecule has 0 spiro atoms. The van der Waals surface area contributed by atoms with Crippen LogP contribution in [-0.4, -0.2) is 22.2 Å². The number of hydrogen-bond donors (Lipinski definition) is 1. The number of aromatic nitrogens is 2. The van der Waals surface area contributed by atoms with Gasteiger partial charge < -0.3 is 14.4 Å². The molecule has 0 aliphatic rings. The summed E-state index contributed by atoms with van der Waals surface area (Å²) in [5, 5.41) is 8.20. The van der Waals surface area contributed by atoms with E-state index >= 15 is 0 Å². The summed E-state index contributed by atoms with van der Waals surface area (Å²) < 4.78 is 7.48. The lowest BCUT2D eigenvalue weighted by atomic mass is 10.2. The van der Waals surface area contributed by atoms with Gasteiger partial charge >= 0.3 is 0 Å². The van der Waals surface area contributed by atoms with Crippen molar-refractivity contribution in [2.75, 3.05) is 6.54 Å². The number of nitrogens with one attached hydrogen (secondary N) is 1. The van der Waals surface area contributed by atoms with Crippen LogP contribution in [0.15, 0.2) is 76.3 Å². The first-order chi connectivity index (χ1) is 14.2. The third-order valence-electron chi connectivity index (χ3n) is 4.72. The molecule has 29 heavy (non-hydrogen) atoms. The quantitative estimate of drug-likeness (QED) is 0.329. The van der Waals surface area contributed by atoms with E-state index in [0.717, 1.165) is 29.3 Å². The van der Waals surface area contributed by atoms with Gasteiger partial charge in [-0.15, -0.1) is 11.8 Å². The molecule has 6 heteroatoms. The van der Waals surface area contributed by atoms with E-state index in [0.29, 0.717) is 17.9 Å². The highest BCUT2D eigenvalue weighted by molar-refractivity contribution is 7.98. The first-order valence-electron chi connectivity index (χ1n) is 9.67. The Morgan fingerprint density at radius 3 is 2.83 bits per heavy atom. The molecule has 2 heterocycles. The second kappa shape index (κ2) is 9.01. The third-order valence-corrected chi connectivity index (χ3v) is 5.82. The topological polar surface area (TPSA) is 60.1 Å². The third kappa shape index (κ3) is 4.71. The van der Waals surface area contributed by atoms with E-state index in [1.54, 1.807) is 11.8 Å². The van der Waals surface area contributed by atoms with Gasteiger partial charge in [0.1, 0.15) is 5.76 Å². The molecule has 1 amide bonds. The average molecular weight is 406 g/mol. The molecule has 0 saturated heterocycles. The Morgan fingerprint density at radius 1 is 1.14 bits per heavy atom.